The minimum atomic E-state index is -0.304. The molecule has 0 heterocycles. The van der Waals surface area contributed by atoms with E-state index in [0.717, 1.165) is 12.0 Å². The zero-order valence-electron chi connectivity index (χ0n) is 8.29. The van der Waals surface area contributed by atoms with Gasteiger partial charge in [-0.3, -0.25) is 0 Å². The van der Waals surface area contributed by atoms with Crippen LogP contribution >= 0.6 is 0 Å². The Kier molecular flexibility index (Phi) is 3.46. The first-order valence-electron chi connectivity index (χ1n) is 4.60. The van der Waals surface area contributed by atoms with Crippen LogP contribution < -0.4 is 5.73 Å². The summed E-state index contributed by atoms with van der Waals surface area (Å²) in [6.07, 6.45) is 0.893. The summed E-state index contributed by atoms with van der Waals surface area (Å²) in [5, 5.41) is 0. The number of hydrogen-bond donors (Lipinski definition) is 1. The maximum atomic E-state index is 5.74. The highest BCUT2D eigenvalue weighted by atomic mass is 16.5. The van der Waals surface area contributed by atoms with Crippen molar-refractivity contribution in [3.8, 4) is 0 Å². The van der Waals surface area contributed by atoms with Crippen molar-refractivity contribution < 1.29 is 4.74 Å². The quantitative estimate of drug-likeness (QED) is 0.766. The Hall–Kier alpha value is -0.860. The largest absolute Gasteiger partial charge is 0.372 e. The molecule has 0 aliphatic carbocycles. The summed E-state index contributed by atoms with van der Waals surface area (Å²) in [4.78, 5) is 0. The molecule has 13 heavy (non-hydrogen) atoms. The van der Waals surface area contributed by atoms with Crippen molar-refractivity contribution in [3.63, 3.8) is 0 Å². The Bertz CT molecular complexity index is 233. The van der Waals surface area contributed by atoms with Crippen LogP contribution in [0.2, 0.25) is 0 Å². The number of benzene rings is 1. The van der Waals surface area contributed by atoms with Gasteiger partial charge in [-0.1, -0.05) is 37.3 Å². The van der Waals surface area contributed by atoms with E-state index in [9.17, 15) is 0 Å². The SMILES string of the molecule is CC[C@@](CN)(OC)c1ccccc1. The molecule has 0 aliphatic rings. The Morgan fingerprint density at radius 2 is 1.92 bits per heavy atom. The predicted molar refractivity (Wildman–Crippen MR) is 54.5 cm³/mol. The molecule has 1 aromatic rings. The van der Waals surface area contributed by atoms with Gasteiger partial charge in [0, 0.05) is 13.7 Å². The van der Waals surface area contributed by atoms with E-state index in [4.69, 9.17) is 10.5 Å². The lowest BCUT2D eigenvalue weighted by Crippen LogP contribution is -2.36. The number of hydrogen-bond acceptors (Lipinski definition) is 2. The van der Waals surface area contributed by atoms with Gasteiger partial charge in [0.25, 0.3) is 0 Å². The fraction of sp³-hybridized carbons (Fsp3) is 0.455. The van der Waals surface area contributed by atoms with Crippen LogP contribution in [-0.2, 0) is 10.3 Å². The Balaban J connectivity index is 3.01. The highest BCUT2D eigenvalue weighted by Crippen LogP contribution is 2.26. The lowest BCUT2D eigenvalue weighted by Gasteiger charge is -2.30. The zero-order valence-corrected chi connectivity index (χ0v) is 8.29. The molecule has 0 saturated carbocycles. The van der Waals surface area contributed by atoms with Gasteiger partial charge >= 0.3 is 0 Å². The molecule has 0 fully saturated rings. The zero-order chi connectivity index (χ0) is 9.73. The van der Waals surface area contributed by atoms with Gasteiger partial charge in [-0.25, -0.2) is 0 Å². The van der Waals surface area contributed by atoms with Crippen molar-refractivity contribution in [1.82, 2.24) is 0 Å². The second kappa shape index (κ2) is 4.40. The van der Waals surface area contributed by atoms with Crippen molar-refractivity contribution in [2.45, 2.75) is 18.9 Å². The Morgan fingerprint density at radius 1 is 1.31 bits per heavy atom. The number of ether oxygens (including phenoxy) is 1. The summed E-state index contributed by atoms with van der Waals surface area (Å²) in [7, 11) is 1.71. The summed E-state index contributed by atoms with van der Waals surface area (Å²) in [5.74, 6) is 0. The smallest absolute Gasteiger partial charge is 0.105 e. The number of methoxy groups -OCH3 is 1. The van der Waals surface area contributed by atoms with Gasteiger partial charge in [0.05, 0.1) is 0 Å². The monoisotopic (exact) mass is 179 g/mol. The number of rotatable bonds is 4. The molecule has 0 bridgehead atoms. The number of nitrogens with two attached hydrogens (primary N) is 1. The van der Waals surface area contributed by atoms with Crippen LogP contribution in [-0.4, -0.2) is 13.7 Å². The molecule has 1 rings (SSSR count). The highest BCUT2D eigenvalue weighted by molar-refractivity contribution is 5.22. The van der Waals surface area contributed by atoms with Crippen molar-refractivity contribution in [1.29, 1.82) is 0 Å². The van der Waals surface area contributed by atoms with Crippen molar-refractivity contribution in [3.05, 3.63) is 35.9 Å². The molecule has 0 amide bonds. The normalized spacial score (nSPS) is 15.3. The maximum absolute atomic E-state index is 5.74. The summed E-state index contributed by atoms with van der Waals surface area (Å²) in [6, 6.07) is 10.1. The molecule has 2 N–H and O–H groups in total. The van der Waals surface area contributed by atoms with Crippen LogP contribution in [0.5, 0.6) is 0 Å². The van der Waals surface area contributed by atoms with E-state index >= 15 is 0 Å². The molecule has 0 unspecified atom stereocenters. The first-order valence-corrected chi connectivity index (χ1v) is 4.60. The van der Waals surface area contributed by atoms with Crippen molar-refractivity contribution in [2.75, 3.05) is 13.7 Å². The van der Waals surface area contributed by atoms with Crippen molar-refractivity contribution >= 4 is 0 Å². The minimum absolute atomic E-state index is 0.304. The standard InChI is InChI=1S/C11H17NO/c1-3-11(9-12,13-2)10-7-5-4-6-8-10/h4-8H,3,9,12H2,1-2H3/t11-/m0/s1. The first-order chi connectivity index (χ1) is 6.29. The minimum Gasteiger partial charge on any atom is -0.372 e. The van der Waals surface area contributed by atoms with E-state index in [-0.39, 0.29) is 5.60 Å². The van der Waals surface area contributed by atoms with Crippen LogP contribution in [0.1, 0.15) is 18.9 Å². The maximum Gasteiger partial charge on any atom is 0.105 e. The summed E-state index contributed by atoms with van der Waals surface area (Å²) in [6.45, 7) is 2.60. The molecular formula is C11H17NO. The van der Waals surface area contributed by atoms with E-state index in [1.807, 2.05) is 18.2 Å². The fourth-order valence-electron chi connectivity index (χ4n) is 1.55. The Labute approximate surface area is 79.7 Å². The Morgan fingerprint density at radius 3 is 2.31 bits per heavy atom. The lowest BCUT2D eigenvalue weighted by atomic mass is 9.91. The third-order valence-corrected chi connectivity index (χ3v) is 2.59. The first kappa shape index (κ1) is 10.2. The summed E-state index contributed by atoms with van der Waals surface area (Å²) >= 11 is 0. The summed E-state index contributed by atoms with van der Waals surface area (Å²) < 4.78 is 5.50. The van der Waals surface area contributed by atoms with E-state index in [1.165, 1.54) is 0 Å². The van der Waals surface area contributed by atoms with Gasteiger partial charge in [-0.05, 0) is 12.0 Å². The van der Waals surface area contributed by atoms with E-state index in [2.05, 4.69) is 19.1 Å². The highest BCUT2D eigenvalue weighted by Gasteiger charge is 2.27. The molecule has 0 aromatic heterocycles. The van der Waals surface area contributed by atoms with Crippen LogP contribution in [0, 0.1) is 0 Å². The third kappa shape index (κ3) is 1.90. The summed E-state index contributed by atoms with van der Waals surface area (Å²) in [5.41, 5.74) is 6.59. The molecule has 1 atom stereocenters. The van der Waals surface area contributed by atoms with Crippen LogP contribution in [0.4, 0.5) is 0 Å². The van der Waals surface area contributed by atoms with E-state index in [0.29, 0.717) is 6.54 Å². The predicted octanol–water partition coefficient (Wildman–Crippen LogP) is 1.90. The van der Waals surface area contributed by atoms with E-state index in [1.54, 1.807) is 7.11 Å². The molecule has 72 valence electrons. The van der Waals surface area contributed by atoms with Crippen molar-refractivity contribution in [2.24, 2.45) is 5.73 Å². The van der Waals surface area contributed by atoms with Gasteiger partial charge in [0.1, 0.15) is 5.60 Å². The van der Waals surface area contributed by atoms with Gasteiger partial charge in [0.2, 0.25) is 0 Å². The van der Waals surface area contributed by atoms with Gasteiger partial charge < -0.3 is 10.5 Å². The molecule has 2 heteroatoms. The molecular weight excluding hydrogens is 162 g/mol. The average molecular weight is 179 g/mol. The second-order valence-corrected chi connectivity index (χ2v) is 3.12. The average Bonchev–Trinajstić information content (AvgIpc) is 2.23. The topological polar surface area (TPSA) is 35.2 Å². The van der Waals surface area contributed by atoms with Crippen LogP contribution in [0.25, 0.3) is 0 Å². The van der Waals surface area contributed by atoms with Gasteiger partial charge in [-0.2, -0.15) is 0 Å². The molecule has 0 spiro atoms. The molecule has 2 nitrogen and oxygen atoms in total. The molecule has 1 aromatic carbocycles. The molecule has 0 aliphatic heterocycles. The second-order valence-electron chi connectivity index (χ2n) is 3.12. The van der Waals surface area contributed by atoms with Crippen LogP contribution in [0.15, 0.2) is 30.3 Å². The lowest BCUT2D eigenvalue weighted by molar-refractivity contribution is -0.0103. The molecule has 0 radical (unpaired) electrons. The van der Waals surface area contributed by atoms with Crippen LogP contribution in [0.3, 0.4) is 0 Å². The fourth-order valence-corrected chi connectivity index (χ4v) is 1.55. The molecule has 0 saturated heterocycles. The third-order valence-electron chi connectivity index (χ3n) is 2.59. The van der Waals surface area contributed by atoms with Gasteiger partial charge in [-0.15, -0.1) is 0 Å². The van der Waals surface area contributed by atoms with E-state index < -0.39 is 0 Å². The van der Waals surface area contributed by atoms with Gasteiger partial charge in [0.15, 0.2) is 0 Å².